The molecule has 0 amide bonds. The van der Waals surface area contributed by atoms with Gasteiger partial charge in [-0.05, 0) is 44.4 Å². The highest BCUT2D eigenvalue weighted by molar-refractivity contribution is 6.30. The minimum Gasteiger partial charge on any atom is -0.367 e. The van der Waals surface area contributed by atoms with E-state index in [1.54, 1.807) is 24.7 Å². The highest BCUT2D eigenvalue weighted by atomic mass is 35.5. The third-order valence-corrected chi connectivity index (χ3v) is 4.94. The standard InChI is InChI=1S/C19H20ClN7O/c1-12-10-22-19(26-25-12)24-15-3-2-14(9-15)23-17-5-4-16(11-21-17)27-7-6-13(20)8-18(27)28/h4-8,10-11,14-15H,2-3,9H2,1H3,(H,21,23)(H,22,24,26)/t14-,15-/m0/s1. The molecule has 1 fully saturated rings. The highest BCUT2D eigenvalue weighted by Crippen LogP contribution is 2.24. The molecule has 28 heavy (non-hydrogen) atoms. The zero-order chi connectivity index (χ0) is 19.5. The lowest BCUT2D eigenvalue weighted by atomic mass is 10.2. The summed E-state index contributed by atoms with van der Waals surface area (Å²) < 4.78 is 1.51. The molecule has 4 rings (SSSR count). The SMILES string of the molecule is Cc1cnc(N[C@H]2CC[C@H](Nc3ccc(-n4ccc(Cl)cc4=O)cn3)C2)nn1. The maximum Gasteiger partial charge on any atom is 0.256 e. The van der Waals surface area contributed by atoms with Crippen molar-refractivity contribution in [3.8, 4) is 5.69 Å². The molecule has 1 aliphatic carbocycles. The first kappa shape index (κ1) is 18.4. The van der Waals surface area contributed by atoms with E-state index in [1.807, 2.05) is 19.1 Å². The molecule has 0 bridgehead atoms. The lowest BCUT2D eigenvalue weighted by Gasteiger charge is -2.15. The molecular formula is C19H20ClN7O. The van der Waals surface area contributed by atoms with Crippen LogP contribution >= 0.6 is 11.6 Å². The third kappa shape index (κ3) is 4.28. The Labute approximate surface area is 167 Å². The molecule has 0 aromatic carbocycles. The highest BCUT2D eigenvalue weighted by Gasteiger charge is 2.25. The van der Waals surface area contributed by atoms with Gasteiger partial charge in [-0.25, -0.2) is 9.97 Å². The predicted molar refractivity (Wildman–Crippen MR) is 108 cm³/mol. The van der Waals surface area contributed by atoms with Crippen molar-refractivity contribution < 1.29 is 0 Å². The fraction of sp³-hybridized carbons (Fsp3) is 0.316. The van der Waals surface area contributed by atoms with Gasteiger partial charge in [0.05, 0.1) is 23.8 Å². The zero-order valence-corrected chi connectivity index (χ0v) is 16.1. The Balaban J connectivity index is 1.36. The summed E-state index contributed by atoms with van der Waals surface area (Å²) in [6.45, 7) is 1.86. The molecular weight excluding hydrogens is 378 g/mol. The van der Waals surface area contributed by atoms with Crippen LogP contribution < -0.4 is 16.2 Å². The molecule has 1 saturated carbocycles. The summed E-state index contributed by atoms with van der Waals surface area (Å²) in [4.78, 5) is 20.7. The number of anilines is 2. The van der Waals surface area contributed by atoms with Crippen molar-refractivity contribution >= 4 is 23.4 Å². The molecule has 0 radical (unpaired) electrons. The van der Waals surface area contributed by atoms with Crippen LogP contribution in [0, 0.1) is 6.92 Å². The van der Waals surface area contributed by atoms with Crippen LogP contribution in [0.3, 0.4) is 0 Å². The van der Waals surface area contributed by atoms with Crippen molar-refractivity contribution in [3.05, 3.63) is 63.9 Å². The van der Waals surface area contributed by atoms with E-state index in [4.69, 9.17) is 11.6 Å². The van der Waals surface area contributed by atoms with Gasteiger partial charge in [0.15, 0.2) is 0 Å². The maximum atomic E-state index is 12.0. The summed E-state index contributed by atoms with van der Waals surface area (Å²) in [5.41, 5.74) is 1.31. The number of rotatable bonds is 5. The first-order valence-corrected chi connectivity index (χ1v) is 9.49. The van der Waals surface area contributed by atoms with Crippen LogP contribution in [0.5, 0.6) is 0 Å². The van der Waals surface area contributed by atoms with Gasteiger partial charge in [0.25, 0.3) is 5.56 Å². The van der Waals surface area contributed by atoms with Gasteiger partial charge in [-0.15, -0.1) is 5.10 Å². The Morgan fingerprint density at radius 1 is 1.07 bits per heavy atom. The molecule has 0 saturated heterocycles. The van der Waals surface area contributed by atoms with Gasteiger partial charge >= 0.3 is 0 Å². The second-order valence-electron chi connectivity index (χ2n) is 6.87. The van der Waals surface area contributed by atoms with Gasteiger partial charge in [0.2, 0.25) is 5.95 Å². The van der Waals surface area contributed by atoms with Crippen molar-refractivity contribution in [1.29, 1.82) is 0 Å². The van der Waals surface area contributed by atoms with Crippen molar-refractivity contribution in [2.75, 3.05) is 10.6 Å². The summed E-state index contributed by atoms with van der Waals surface area (Å²) in [5.74, 6) is 1.34. The van der Waals surface area contributed by atoms with E-state index in [9.17, 15) is 4.79 Å². The monoisotopic (exact) mass is 397 g/mol. The second kappa shape index (κ2) is 7.93. The first-order chi connectivity index (χ1) is 13.6. The lowest BCUT2D eigenvalue weighted by Crippen LogP contribution is -2.22. The summed E-state index contributed by atoms with van der Waals surface area (Å²) in [6, 6.07) is 7.41. The van der Waals surface area contributed by atoms with Gasteiger partial charge in [-0.3, -0.25) is 9.36 Å². The minimum absolute atomic E-state index is 0.187. The van der Waals surface area contributed by atoms with Crippen LogP contribution in [0.2, 0.25) is 5.02 Å². The molecule has 0 aliphatic heterocycles. The molecule has 8 nitrogen and oxygen atoms in total. The van der Waals surface area contributed by atoms with E-state index in [0.29, 0.717) is 28.7 Å². The molecule has 0 unspecified atom stereocenters. The number of halogens is 1. The van der Waals surface area contributed by atoms with E-state index in [2.05, 4.69) is 30.8 Å². The normalized spacial score (nSPS) is 18.8. The summed E-state index contributed by atoms with van der Waals surface area (Å²) in [6.07, 6.45) is 8.01. The van der Waals surface area contributed by atoms with Crippen LogP contribution in [-0.4, -0.2) is 36.8 Å². The van der Waals surface area contributed by atoms with Crippen LogP contribution in [0.1, 0.15) is 25.0 Å². The smallest absolute Gasteiger partial charge is 0.256 e. The fourth-order valence-corrected chi connectivity index (χ4v) is 3.47. The van der Waals surface area contributed by atoms with Crippen molar-refractivity contribution in [1.82, 2.24) is 24.7 Å². The van der Waals surface area contributed by atoms with Crippen LogP contribution in [0.25, 0.3) is 5.69 Å². The molecule has 3 aromatic heterocycles. The number of nitrogens with zero attached hydrogens (tertiary/aromatic N) is 5. The quantitative estimate of drug-likeness (QED) is 0.683. The maximum absolute atomic E-state index is 12.0. The number of aromatic nitrogens is 5. The van der Waals surface area contributed by atoms with Gasteiger partial charge < -0.3 is 10.6 Å². The first-order valence-electron chi connectivity index (χ1n) is 9.11. The summed E-state index contributed by atoms with van der Waals surface area (Å²) in [7, 11) is 0. The fourth-order valence-electron chi connectivity index (χ4n) is 3.32. The largest absolute Gasteiger partial charge is 0.367 e. The number of aryl methyl sites for hydroxylation is 1. The predicted octanol–water partition coefficient (Wildman–Crippen LogP) is 2.82. The zero-order valence-electron chi connectivity index (χ0n) is 15.3. The van der Waals surface area contributed by atoms with Crippen molar-refractivity contribution in [2.45, 2.75) is 38.3 Å². The van der Waals surface area contributed by atoms with Gasteiger partial charge in [0.1, 0.15) is 5.82 Å². The lowest BCUT2D eigenvalue weighted by molar-refractivity contribution is 0.712. The molecule has 144 valence electrons. The van der Waals surface area contributed by atoms with Crippen LogP contribution in [0.4, 0.5) is 11.8 Å². The number of nitrogens with one attached hydrogen (secondary N) is 2. The Hall–Kier alpha value is -3.00. The number of hydrogen-bond acceptors (Lipinski definition) is 7. The van der Waals surface area contributed by atoms with E-state index in [0.717, 1.165) is 30.8 Å². The number of hydrogen-bond donors (Lipinski definition) is 2. The van der Waals surface area contributed by atoms with Gasteiger partial charge in [0, 0.05) is 29.4 Å². The number of pyridine rings is 2. The van der Waals surface area contributed by atoms with Gasteiger partial charge in [-0.2, -0.15) is 5.10 Å². The van der Waals surface area contributed by atoms with Crippen LogP contribution in [-0.2, 0) is 0 Å². The topological polar surface area (TPSA) is 97.6 Å². The third-order valence-electron chi connectivity index (χ3n) is 4.70. The average Bonchev–Trinajstić information content (AvgIpc) is 3.11. The Bertz CT molecular complexity index is 1000. The Morgan fingerprint density at radius 2 is 1.89 bits per heavy atom. The van der Waals surface area contributed by atoms with E-state index < -0.39 is 0 Å². The van der Waals surface area contributed by atoms with E-state index in [-0.39, 0.29) is 5.56 Å². The Morgan fingerprint density at radius 3 is 2.57 bits per heavy atom. The average molecular weight is 398 g/mol. The molecule has 1 aliphatic rings. The molecule has 3 aromatic rings. The molecule has 9 heteroatoms. The van der Waals surface area contributed by atoms with Crippen molar-refractivity contribution in [2.24, 2.45) is 0 Å². The molecule has 0 spiro atoms. The summed E-state index contributed by atoms with van der Waals surface area (Å²) >= 11 is 5.84. The van der Waals surface area contributed by atoms with E-state index in [1.165, 1.54) is 10.6 Å². The minimum atomic E-state index is -0.187. The molecule has 2 atom stereocenters. The van der Waals surface area contributed by atoms with Crippen LogP contribution in [0.15, 0.2) is 47.7 Å². The molecule has 2 N–H and O–H groups in total. The van der Waals surface area contributed by atoms with E-state index >= 15 is 0 Å². The van der Waals surface area contributed by atoms with Gasteiger partial charge in [-0.1, -0.05) is 11.6 Å². The molecule has 3 heterocycles. The summed E-state index contributed by atoms with van der Waals surface area (Å²) in [5, 5.41) is 15.3. The second-order valence-corrected chi connectivity index (χ2v) is 7.31. The van der Waals surface area contributed by atoms with Crippen molar-refractivity contribution in [3.63, 3.8) is 0 Å². The Kier molecular flexibility index (Phi) is 5.21.